The Hall–Kier alpha value is -2.16. The third-order valence-corrected chi connectivity index (χ3v) is 4.24. The summed E-state index contributed by atoms with van der Waals surface area (Å²) in [7, 11) is 0. The van der Waals surface area contributed by atoms with E-state index in [9.17, 15) is 18.0 Å². The lowest BCUT2D eigenvalue weighted by molar-refractivity contribution is -0.160. The van der Waals surface area contributed by atoms with E-state index in [4.69, 9.17) is 0 Å². The predicted molar refractivity (Wildman–Crippen MR) is 80.6 cm³/mol. The van der Waals surface area contributed by atoms with E-state index in [0.717, 1.165) is 0 Å². The van der Waals surface area contributed by atoms with Crippen molar-refractivity contribution < 1.29 is 18.0 Å². The van der Waals surface area contributed by atoms with Gasteiger partial charge in [-0.05, 0) is 13.8 Å². The topological polar surface area (TPSA) is 53.7 Å². The minimum Gasteiger partial charge on any atom is -0.335 e. The molecule has 0 bridgehead atoms. The smallest absolute Gasteiger partial charge is 0.335 e. The minimum absolute atomic E-state index is 0.233. The quantitative estimate of drug-likeness (QED) is 0.836. The number of nitrogens with zero attached hydrogens (tertiary/aromatic N) is 5. The van der Waals surface area contributed by atoms with Gasteiger partial charge >= 0.3 is 6.18 Å². The molecule has 1 saturated heterocycles. The number of fused-ring (bicyclic) bond motifs is 1. The second-order valence-electron chi connectivity index (χ2n) is 6.17. The molecule has 0 aliphatic carbocycles. The van der Waals surface area contributed by atoms with Gasteiger partial charge in [0, 0.05) is 50.0 Å². The van der Waals surface area contributed by atoms with Crippen molar-refractivity contribution in [1.29, 1.82) is 0 Å². The Kier molecular flexibility index (Phi) is 4.20. The monoisotopic (exact) mass is 341 g/mol. The number of piperazine rings is 1. The Morgan fingerprint density at radius 3 is 2.54 bits per heavy atom. The first-order chi connectivity index (χ1) is 11.2. The average Bonchev–Trinajstić information content (AvgIpc) is 2.96. The zero-order chi connectivity index (χ0) is 17.5. The van der Waals surface area contributed by atoms with E-state index in [-0.39, 0.29) is 31.1 Å². The minimum atomic E-state index is -4.24. The number of hydrogen-bond donors (Lipinski definition) is 0. The summed E-state index contributed by atoms with van der Waals surface area (Å²) >= 11 is 0. The molecule has 1 aliphatic rings. The molecule has 24 heavy (non-hydrogen) atoms. The van der Waals surface area contributed by atoms with Crippen LogP contribution in [0.2, 0.25) is 0 Å². The lowest BCUT2D eigenvalue weighted by Crippen LogP contribution is -2.59. The van der Waals surface area contributed by atoms with E-state index in [1.807, 2.05) is 0 Å². The van der Waals surface area contributed by atoms with Crippen LogP contribution >= 0.6 is 0 Å². The molecule has 0 N–H and O–H groups in total. The van der Waals surface area contributed by atoms with Crippen molar-refractivity contribution >= 4 is 11.7 Å². The number of alkyl halides is 3. The lowest BCUT2D eigenvalue weighted by atomic mass is 10.1. The van der Waals surface area contributed by atoms with Gasteiger partial charge in [0.2, 0.25) is 5.78 Å². The summed E-state index contributed by atoms with van der Waals surface area (Å²) in [4.78, 5) is 23.8. The van der Waals surface area contributed by atoms with Crippen LogP contribution in [0.3, 0.4) is 0 Å². The van der Waals surface area contributed by atoms with Crippen molar-refractivity contribution in [2.75, 3.05) is 19.6 Å². The van der Waals surface area contributed by atoms with Gasteiger partial charge in [-0.2, -0.15) is 13.2 Å². The lowest BCUT2D eigenvalue weighted by Gasteiger charge is -2.44. The van der Waals surface area contributed by atoms with Gasteiger partial charge in [0.1, 0.15) is 0 Å². The summed E-state index contributed by atoms with van der Waals surface area (Å²) in [6.45, 7) is 2.96. The molecule has 2 aromatic rings. The van der Waals surface area contributed by atoms with Crippen LogP contribution in [0.25, 0.3) is 5.78 Å². The van der Waals surface area contributed by atoms with Crippen LogP contribution in [0.1, 0.15) is 24.2 Å². The maximum absolute atomic E-state index is 12.7. The van der Waals surface area contributed by atoms with Gasteiger partial charge in [0.25, 0.3) is 5.91 Å². The molecular weight excluding hydrogens is 323 g/mol. The summed E-state index contributed by atoms with van der Waals surface area (Å²) in [6, 6.07) is -0.742. The van der Waals surface area contributed by atoms with Crippen LogP contribution in [-0.2, 0) is 0 Å². The first kappa shape index (κ1) is 16.7. The number of amides is 1. The maximum Gasteiger partial charge on any atom is 0.401 e. The molecule has 1 amide bonds. The molecule has 0 saturated carbocycles. The molecular formula is C15H18F3N5O. The fraction of sp³-hybridized carbons (Fsp3) is 0.533. The number of carbonyl (C=O) groups is 1. The first-order valence-electron chi connectivity index (χ1n) is 7.65. The molecule has 2 atom stereocenters. The number of aromatic nitrogens is 3. The highest BCUT2D eigenvalue weighted by Crippen LogP contribution is 2.24. The van der Waals surface area contributed by atoms with Crippen molar-refractivity contribution in [2.45, 2.75) is 32.1 Å². The van der Waals surface area contributed by atoms with Crippen molar-refractivity contribution in [3.05, 3.63) is 30.4 Å². The van der Waals surface area contributed by atoms with Crippen LogP contribution in [-0.4, -0.2) is 68.0 Å². The van der Waals surface area contributed by atoms with Crippen molar-refractivity contribution in [2.24, 2.45) is 0 Å². The standard InChI is InChI=1S/C15H18F3N5O/c1-10-6-22(7-11(2)23(10)9-15(16,17)18)13(24)12-5-20-14-19-3-4-21(14)8-12/h3-5,8,10-11H,6-7,9H2,1-2H3/t10-,11+. The number of rotatable bonds is 2. The third kappa shape index (κ3) is 3.35. The maximum atomic E-state index is 12.7. The molecule has 9 heteroatoms. The van der Waals surface area contributed by atoms with E-state index < -0.39 is 12.7 Å². The van der Waals surface area contributed by atoms with Gasteiger partial charge in [-0.1, -0.05) is 0 Å². The second-order valence-corrected chi connectivity index (χ2v) is 6.17. The highest BCUT2D eigenvalue weighted by molar-refractivity contribution is 5.94. The van der Waals surface area contributed by atoms with Gasteiger partial charge < -0.3 is 4.90 Å². The molecule has 3 heterocycles. The molecule has 0 aromatic carbocycles. The zero-order valence-corrected chi connectivity index (χ0v) is 13.4. The van der Waals surface area contributed by atoms with E-state index in [0.29, 0.717) is 11.3 Å². The summed E-state index contributed by atoms with van der Waals surface area (Å²) in [6.07, 6.45) is 2.10. The van der Waals surface area contributed by atoms with E-state index in [1.165, 1.54) is 11.1 Å². The Bertz CT molecular complexity index is 732. The van der Waals surface area contributed by atoms with E-state index in [1.54, 1.807) is 41.7 Å². The summed E-state index contributed by atoms with van der Waals surface area (Å²) in [5.74, 6) is 0.256. The second kappa shape index (κ2) is 6.04. The Balaban J connectivity index is 1.75. The molecule has 3 rings (SSSR count). The molecule has 0 radical (unpaired) electrons. The molecule has 1 fully saturated rings. The molecule has 6 nitrogen and oxygen atoms in total. The predicted octanol–water partition coefficient (Wildman–Crippen LogP) is 1.83. The van der Waals surface area contributed by atoms with Crippen molar-refractivity contribution in [3.63, 3.8) is 0 Å². The molecule has 1 aliphatic heterocycles. The van der Waals surface area contributed by atoms with Gasteiger partial charge in [0.05, 0.1) is 12.1 Å². The normalized spacial score (nSPS) is 23.0. The highest BCUT2D eigenvalue weighted by Gasteiger charge is 2.39. The van der Waals surface area contributed by atoms with Gasteiger partial charge in [-0.25, -0.2) is 9.97 Å². The molecule has 2 aromatic heterocycles. The Labute approximate surface area is 136 Å². The van der Waals surface area contributed by atoms with E-state index in [2.05, 4.69) is 9.97 Å². The van der Waals surface area contributed by atoms with Crippen LogP contribution < -0.4 is 0 Å². The molecule has 0 unspecified atom stereocenters. The van der Waals surface area contributed by atoms with Crippen molar-refractivity contribution in [1.82, 2.24) is 24.2 Å². The van der Waals surface area contributed by atoms with Gasteiger partial charge in [-0.3, -0.25) is 14.1 Å². The average molecular weight is 341 g/mol. The van der Waals surface area contributed by atoms with Crippen LogP contribution in [0.4, 0.5) is 13.2 Å². The number of imidazole rings is 1. The van der Waals surface area contributed by atoms with Crippen LogP contribution in [0.15, 0.2) is 24.8 Å². The van der Waals surface area contributed by atoms with E-state index >= 15 is 0 Å². The zero-order valence-electron chi connectivity index (χ0n) is 13.4. The van der Waals surface area contributed by atoms with Gasteiger partial charge in [-0.15, -0.1) is 0 Å². The van der Waals surface area contributed by atoms with Gasteiger partial charge in [0.15, 0.2) is 0 Å². The highest BCUT2D eigenvalue weighted by atomic mass is 19.4. The largest absolute Gasteiger partial charge is 0.401 e. The number of hydrogen-bond acceptors (Lipinski definition) is 4. The Morgan fingerprint density at radius 2 is 1.92 bits per heavy atom. The van der Waals surface area contributed by atoms with Crippen LogP contribution in [0.5, 0.6) is 0 Å². The summed E-state index contributed by atoms with van der Waals surface area (Å²) in [5, 5.41) is 0. The summed E-state index contributed by atoms with van der Waals surface area (Å²) < 4.78 is 39.7. The molecule has 0 spiro atoms. The number of halogens is 3. The fourth-order valence-electron chi connectivity index (χ4n) is 3.15. The summed E-state index contributed by atoms with van der Waals surface area (Å²) in [5.41, 5.74) is 0.393. The SMILES string of the molecule is C[C@@H]1CN(C(=O)c2cnc3nccn3c2)C[C@H](C)N1CC(F)(F)F. The van der Waals surface area contributed by atoms with Crippen molar-refractivity contribution in [3.8, 4) is 0 Å². The van der Waals surface area contributed by atoms with Crippen LogP contribution in [0, 0.1) is 0 Å². The third-order valence-electron chi connectivity index (χ3n) is 4.24. The fourth-order valence-corrected chi connectivity index (χ4v) is 3.15. The number of carbonyl (C=O) groups excluding carboxylic acids is 1. The Morgan fingerprint density at radius 1 is 1.25 bits per heavy atom. The first-order valence-corrected chi connectivity index (χ1v) is 7.65. The molecule has 130 valence electrons.